The van der Waals surface area contributed by atoms with Crippen LogP contribution in [0.1, 0.15) is 37.7 Å². The molecule has 0 saturated carbocycles. The van der Waals surface area contributed by atoms with Crippen LogP contribution in [-0.4, -0.2) is 30.2 Å². The largest absolute Gasteiger partial charge is 0.428 e. The van der Waals surface area contributed by atoms with Crippen molar-refractivity contribution in [3.05, 3.63) is 64.6 Å². The average molecular weight is 430 g/mol. The van der Waals surface area contributed by atoms with Gasteiger partial charge < -0.3 is 14.6 Å². The summed E-state index contributed by atoms with van der Waals surface area (Å²) in [6, 6.07) is 15.5. The fraction of sp³-hybridized carbons (Fsp3) is 0.391. The predicted octanol–water partition coefficient (Wildman–Crippen LogP) is 4.59. The zero-order valence-electron chi connectivity index (χ0n) is 17.0. The molecule has 6 nitrogen and oxygen atoms in total. The zero-order chi connectivity index (χ0) is 20.1. The highest BCUT2D eigenvalue weighted by atomic mass is 35.5. The highest BCUT2D eigenvalue weighted by molar-refractivity contribution is 5.89. The summed E-state index contributed by atoms with van der Waals surface area (Å²) in [5.41, 5.74) is 3.30. The Balaban J connectivity index is 0.00000256. The van der Waals surface area contributed by atoms with Crippen LogP contribution < -0.4 is 16.0 Å². The van der Waals surface area contributed by atoms with Crippen molar-refractivity contribution in [3.8, 4) is 0 Å². The molecule has 1 amide bonds. The van der Waals surface area contributed by atoms with Crippen molar-refractivity contribution in [1.82, 2.24) is 9.88 Å². The van der Waals surface area contributed by atoms with Gasteiger partial charge in [0.25, 0.3) is 0 Å². The number of nitrogens with one attached hydrogen (secondary N) is 1. The Hall–Kier alpha value is -2.73. The van der Waals surface area contributed by atoms with Crippen molar-refractivity contribution in [2.45, 2.75) is 38.5 Å². The van der Waals surface area contributed by atoms with Gasteiger partial charge in [0.15, 0.2) is 5.58 Å². The molecule has 1 N–H and O–H groups in total. The molecule has 0 unspecified atom stereocenters. The highest BCUT2D eigenvalue weighted by Crippen LogP contribution is 2.24. The van der Waals surface area contributed by atoms with Gasteiger partial charge in [-0.2, -0.15) is 4.57 Å². The van der Waals surface area contributed by atoms with Crippen molar-refractivity contribution in [1.29, 1.82) is 0 Å². The van der Waals surface area contributed by atoms with Crippen LogP contribution in [0.3, 0.4) is 0 Å². The van der Waals surface area contributed by atoms with Crippen molar-refractivity contribution < 1.29 is 9.21 Å². The van der Waals surface area contributed by atoms with Crippen molar-refractivity contribution in [2.75, 3.05) is 24.5 Å². The SMILES string of the molecule is Cl.O=C(NCCCCc1ccccc1)n1c(=O)oc2cc(N3CCCCC3)ccc21. The van der Waals surface area contributed by atoms with Crippen LogP contribution in [-0.2, 0) is 6.42 Å². The Morgan fingerprint density at radius 2 is 1.77 bits per heavy atom. The Labute approximate surface area is 182 Å². The van der Waals surface area contributed by atoms with Crippen molar-refractivity contribution >= 4 is 35.2 Å². The maximum atomic E-state index is 12.5. The van der Waals surface area contributed by atoms with Crippen LogP contribution in [0.25, 0.3) is 11.1 Å². The third-order valence-electron chi connectivity index (χ3n) is 5.50. The molecular formula is C23H28ClN3O3. The molecular weight excluding hydrogens is 402 g/mol. The highest BCUT2D eigenvalue weighted by Gasteiger charge is 2.18. The molecule has 160 valence electrons. The molecule has 1 aliphatic heterocycles. The van der Waals surface area contributed by atoms with Gasteiger partial charge in [-0.25, -0.2) is 9.59 Å². The van der Waals surface area contributed by atoms with Crippen molar-refractivity contribution in [3.63, 3.8) is 0 Å². The predicted molar refractivity (Wildman–Crippen MR) is 122 cm³/mol. The molecule has 30 heavy (non-hydrogen) atoms. The van der Waals surface area contributed by atoms with E-state index in [1.54, 1.807) is 6.07 Å². The first kappa shape index (κ1) is 22.0. The summed E-state index contributed by atoms with van der Waals surface area (Å²) in [5.74, 6) is -0.641. The van der Waals surface area contributed by atoms with Crippen LogP contribution in [0.4, 0.5) is 10.5 Å². The second kappa shape index (κ2) is 10.3. The van der Waals surface area contributed by atoms with Crippen LogP contribution in [0.5, 0.6) is 0 Å². The van der Waals surface area contributed by atoms with E-state index in [0.717, 1.165) is 42.6 Å². The Morgan fingerprint density at radius 3 is 2.53 bits per heavy atom. The Morgan fingerprint density at radius 1 is 1.00 bits per heavy atom. The Kier molecular flexibility index (Phi) is 7.57. The number of nitrogens with zero attached hydrogens (tertiary/aromatic N) is 2. The van der Waals surface area contributed by atoms with E-state index in [1.165, 1.54) is 24.8 Å². The summed E-state index contributed by atoms with van der Waals surface area (Å²) in [4.78, 5) is 27.1. The number of halogens is 1. The summed E-state index contributed by atoms with van der Waals surface area (Å²) in [6.07, 6.45) is 6.42. The van der Waals surface area contributed by atoms with Gasteiger partial charge in [0.1, 0.15) is 5.52 Å². The van der Waals surface area contributed by atoms with Crippen LogP contribution in [0.2, 0.25) is 0 Å². The van der Waals surface area contributed by atoms with E-state index in [9.17, 15) is 9.59 Å². The molecule has 1 aromatic heterocycles. The minimum atomic E-state index is -0.641. The number of fused-ring (bicyclic) bond motifs is 1. The van der Waals surface area contributed by atoms with Gasteiger partial charge in [-0.3, -0.25) is 0 Å². The number of aromatic nitrogens is 1. The van der Waals surface area contributed by atoms with Gasteiger partial charge in [0.05, 0.1) is 0 Å². The third-order valence-corrected chi connectivity index (χ3v) is 5.50. The number of oxazole rings is 1. The van der Waals surface area contributed by atoms with E-state index in [1.807, 2.05) is 30.3 Å². The van der Waals surface area contributed by atoms with E-state index >= 15 is 0 Å². The normalized spacial score (nSPS) is 13.8. The third kappa shape index (κ3) is 5.05. The number of unbranched alkanes of at least 4 members (excludes halogenated alkanes) is 1. The fourth-order valence-corrected chi connectivity index (χ4v) is 3.92. The van der Waals surface area contributed by atoms with E-state index in [0.29, 0.717) is 17.6 Å². The number of aryl methyl sites for hydroxylation is 1. The quantitative estimate of drug-likeness (QED) is 0.582. The second-order valence-corrected chi connectivity index (χ2v) is 7.58. The molecule has 4 rings (SSSR count). The monoisotopic (exact) mass is 429 g/mol. The smallest absolute Gasteiger partial charge is 0.407 e. The van der Waals surface area contributed by atoms with E-state index in [4.69, 9.17) is 4.42 Å². The van der Waals surface area contributed by atoms with E-state index in [-0.39, 0.29) is 12.4 Å². The van der Waals surface area contributed by atoms with Gasteiger partial charge in [0.2, 0.25) is 0 Å². The minimum Gasteiger partial charge on any atom is -0.407 e. The lowest BCUT2D eigenvalue weighted by Gasteiger charge is -2.28. The summed E-state index contributed by atoms with van der Waals surface area (Å²) >= 11 is 0. The maximum absolute atomic E-state index is 12.5. The molecule has 1 saturated heterocycles. The molecule has 0 radical (unpaired) electrons. The first-order chi connectivity index (χ1) is 14.2. The molecule has 0 atom stereocenters. The standard InChI is InChI=1S/C23H27N3O3.ClH/c27-22(24-14-6-5-11-18-9-3-1-4-10-18)26-20-13-12-19(17-21(20)29-23(26)28)25-15-7-2-8-16-25;/h1,3-4,9-10,12-13,17H,2,5-8,11,14-16H2,(H,24,27);1H. The topological polar surface area (TPSA) is 67.5 Å². The molecule has 0 spiro atoms. The molecule has 1 fully saturated rings. The van der Waals surface area contributed by atoms with Crippen LogP contribution in [0, 0.1) is 0 Å². The Bertz CT molecular complexity index is 1020. The minimum absolute atomic E-state index is 0. The van der Waals surface area contributed by atoms with E-state index < -0.39 is 11.8 Å². The summed E-state index contributed by atoms with van der Waals surface area (Å²) < 4.78 is 6.45. The lowest BCUT2D eigenvalue weighted by Crippen LogP contribution is -2.34. The number of carbonyl (C=O) groups is 1. The van der Waals surface area contributed by atoms with Crippen molar-refractivity contribution in [2.24, 2.45) is 0 Å². The van der Waals surface area contributed by atoms with Gasteiger partial charge in [0, 0.05) is 31.4 Å². The summed E-state index contributed by atoms with van der Waals surface area (Å²) in [7, 11) is 0. The van der Waals surface area contributed by atoms with Crippen LogP contribution in [0.15, 0.2) is 57.7 Å². The molecule has 7 heteroatoms. The van der Waals surface area contributed by atoms with Gasteiger partial charge in [-0.15, -0.1) is 12.4 Å². The molecule has 2 aromatic carbocycles. The number of rotatable bonds is 6. The number of piperidine rings is 1. The summed E-state index contributed by atoms with van der Waals surface area (Å²) in [5, 5.41) is 2.84. The number of carbonyl (C=O) groups excluding carboxylic acids is 1. The maximum Gasteiger partial charge on any atom is 0.428 e. The molecule has 2 heterocycles. The summed E-state index contributed by atoms with van der Waals surface area (Å²) in [6.45, 7) is 2.55. The van der Waals surface area contributed by atoms with Gasteiger partial charge >= 0.3 is 11.8 Å². The number of amides is 1. The number of anilines is 1. The van der Waals surface area contributed by atoms with Gasteiger partial charge in [-0.1, -0.05) is 30.3 Å². The van der Waals surface area contributed by atoms with E-state index in [2.05, 4.69) is 22.3 Å². The molecule has 0 aliphatic carbocycles. The van der Waals surface area contributed by atoms with Gasteiger partial charge in [-0.05, 0) is 56.2 Å². The number of hydrogen-bond donors (Lipinski definition) is 1. The first-order valence-electron chi connectivity index (χ1n) is 10.4. The number of hydrogen-bond acceptors (Lipinski definition) is 4. The fourth-order valence-electron chi connectivity index (χ4n) is 3.92. The zero-order valence-corrected chi connectivity index (χ0v) is 17.8. The second-order valence-electron chi connectivity index (χ2n) is 7.58. The first-order valence-corrected chi connectivity index (χ1v) is 10.4. The molecule has 0 bridgehead atoms. The lowest BCUT2D eigenvalue weighted by molar-refractivity contribution is 0.241. The molecule has 1 aliphatic rings. The average Bonchev–Trinajstić information content (AvgIpc) is 3.09. The number of benzene rings is 2. The lowest BCUT2D eigenvalue weighted by atomic mass is 10.1. The van der Waals surface area contributed by atoms with Crippen LogP contribution >= 0.6 is 12.4 Å². The molecule has 3 aromatic rings.